The number of carbonyl (C=O) groups excluding carboxylic acids is 1. The fourth-order valence-corrected chi connectivity index (χ4v) is 2.32. The first-order valence-corrected chi connectivity index (χ1v) is 6.84. The molecule has 2 heterocycles. The number of imidazole rings is 1. The number of nitrogens with one attached hydrogen (secondary N) is 1. The van der Waals surface area contributed by atoms with E-state index in [4.69, 9.17) is 5.73 Å². The lowest BCUT2D eigenvalue weighted by Gasteiger charge is -2.07. The summed E-state index contributed by atoms with van der Waals surface area (Å²) in [6.07, 6.45) is 1.43. The summed E-state index contributed by atoms with van der Waals surface area (Å²) >= 11 is 0. The Bertz CT molecular complexity index is 854. The summed E-state index contributed by atoms with van der Waals surface area (Å²) in [5.41, 5.74) is 8.38. The Hall–Kier alpha value is -2.96. The normalized spacial score (nSPS) is 10.8. The molecule has 112 valence electrons. The topological polar surface area (TPSA) is 98.7 Å². The van der Waals surface area contributed by atoms with Gasteiger partial charge in [0.05, 0.1) is 28.8 Å². The molecule has 2 aromatic heterocycles. The van der Waals surface area contributed by atoms with Crippen LogP contribution in [0.25, 0.3) is 11.0 Å². The van der Waals surface area contributed by atoms with Crippen molar-refractivity contribution in [3.8, 4) is 0 Å². The van der Waals surface area contributed by atoms with Gasteiger partial charge in [-0.2, -0.15) is 0 Å². The van der Waals surface area contributed by atoms with E-state index in [2.05, 4.69) is 20.3 Å². The van der Waals surface area contributed by atoms with Gasteiger partial charge in [0, 0.05) is 13.2 Å². The molecule has 3 N–H and O–H groups in total. The molecule has 0 aliphatic heterocycles. The highest BCUT2D eigenvalue weighted by molar-refractivity contribution is 5.94. The Morgan fingerprint density at radius 2 is 2.09 bits per heavy atom. The van der Waals surface area contributed by atoms with Gasteiger partial charge in [-0.1, -0.05) is 12.1 Å². The summed E-state index contributed by atoms with van der Waals surface area (Å²) in [6.45, 7) is 2.05. The first kappa shape index (κ1) is 14.0. The molecule has 0 saturated heterocycles. The number of carbonyl (C=O) groups is 1. The second-order valence-corrected chi connectivity index (χ2v) is 4.99. The predicted octanol–water partition coefficient (Wildman–Crippen LogP) is 1.18. The second kappa shape index (κ2) is 5.44. The molecule has 7 heteroatoms. The molecular formula is C15H16N6O. The van der Waals surface area contributed by atoms with Gasteiger partial charge in [-0.05, 0) is 19.1 Å². The summed E-state index contributed by atoms with van der Waals surface area (Å²) in [5.74, 6) is 0.692. The minimum atomic E-state index is -0.246. The van der Waals surface area contributed by atoms with Crippen LogP contribution in [0, 0.1) is 6.92 Å². The van der Waals surface area contributed by atoms with Crippen LogP contribution in [0.1, 0.15) is 21.9 Å². The van der Waals surface area contributed by atoms with Crippen molar-refractivity contribution in [3.05, 3.63) is 47.5 Å². The molecule has 0 aliphatic rings. The highest BCUT2D eigenvalue weighted by Gasteiger charge is 2.13. The van der Waals surface area contributed by atoms with Crippen molar-refractivity contribution in [2.45, 2.75) is 13.5 Å². The Balaban J connectivity index is 1.79. The van der Waals surface area contributed by atoms with E-state index in [1.54, 1.807) is 6.92 Å². The number of hydrogen-bond acceptors (Lipinski definition) is 5. The largest absolute Gasteiger partial charge is 0.368 e. The maximum absolute atomic E-state index is 12.2. The molecule has 0 atom stereocenters. The molecule has 3 rings (SSSR count). The lowest BCUT2D eigenvalue weighted by atomic mass is 10.2. The van der Waals surface area contributed by atoms with Crippen molar-refractivity contribution in [1.29, 1.82) is 0 Å². The van der Waals surface area contributed by atoms with E-state index in [9.17, 15) is 4.79 Å². The molecular weight excluding hydrogens is 280 g/mol. The number of benzene rings is 1. The zero-order valence-electron chi connectivity index (χ0n) is 12.4. The lowest BCUT2D eigenvalue weighted by Crippen LogP contribution is -2.25. The van der Waals surface area contributed by atoms with Crippen LogP contribution in [-0.4, -0.2) is 25.4 Å². The van der Waals surface area contributed by atoms with Gasteiger partial charge in [-0.3, -0.25) is 4.79 Å². The number of nitrogens with two attached hydrogens (primary N) is 1. The number of fused-ring (bicyclic) bond motifs is 1. The molecule has 0 saturated carbocycles. The van der Waals surface area contributed by atoms with Gasteiger partial charge < -0.3 is 15.6 Å². The summed E-state index contributed by atoms with van der Waals surface area (Å²) in [4.78, 5) is 24.6. The lowest BCUT2D eigenvalue weighted by molar-refractivity contribution is 0.0948. The van der Waals surface area contributed by atoms with E-state index in [0.717, 1.165) is 16.9 Å². The minimum Gasteiger partial charge on any atom is -0.368 e. The molecule has 0 bridgehead atoms. The molecule has 22 heavy (non-hydrogen) atoms. The SMILES string of the molecule is Cc1nc(N)ncc1C(=O)NCc1nc2ccccc2n1C. The number of nitrogens with zero attached hydrogens (tertiary/aromatic N) is 4. The van der Waals surface area contributed by atoms with E-state index in [1.807, 2.05) is 35.9 Å². The highest BCUT2D eigenvalue weighted by atomic mass is 16.1. The first-order chi connectivity index (χ1) is 10.6. The minimum absolute atomic E-state index is 0.157. The molecule has 1 aromatic carbocycles. The predicted molar refractivity (Wildman–Crippen MR) is 83.1 cm³/mol. The molecule has 7 nitrogen and oxygen atoms in total. The Morgan fingerprint density at radius 3 is 2.82 bits per heavy atom. The monoisotopic (exact) mass is 296 g/mol. The van der Waals surface area contributed by atoms with Crippen molar-refractivity contribution >= 4 is 22.9 Å². The molecule has 0 spiro atoms. The van der Waals surface area contributed by atoms with Gasteiger partial charge in [0.2, 0.25) is 5.95 Å². The fraction of sp³-hybridized carbons (Fsp3) is 0.200. The Morgan fingerprint density at radius 1 is 1.32 bits per heavy atom. The molecule has 3 aromatic rings. The number of rotatable bonds is 3. The van der Waals surface area contributed by atoms with Crippen LogP contribution in [0.15, 0.2) is 30.5 Å². The number of para-hydroxylation sites is 2. The smallest absolute Gasteiger partial charge is 0.255 e. The number of hydrogen-bond donors (Lipinski definition) is 2. The molecule has 0 aliphatic carbocycles. The standard InChI is InChI=1S/C15H16N6O/c1-9-10(7-18-15(16)19-9)14(22)17-8-13-20-11-5-3-4-6-12(11)21(13)2/h3-7H,8H2,1-2H3,(H,17,22)(H2,16,18,19). The van der Waals surface area contributed by atoms with E-state index in [1.165, 1.54) is 6.20 Å². The van der Waals surface area contributed by atoms with Crippen LogP contribution < -0.4 is 11.1 Å². The van der Waals surface area contributed by atoms with Crippen LogP contribution in [0.4, 0.5) is 5.95 Å². The third-order valence-corrected chi connectivity index (χ3v) is 3.53. The second-order valence-electron chi connectivity index (χ2n) is 4.99. The average Bonchev–Trinajstić information content (AvgIpc) is 2.82. The van der Waals surface area contributed by atoms with Gasteiger partial charge in [-0.25, -0.2) is 15.0 Å². The van der Waals surface area contributed by atoms with Crippen molar-refractivity contribution in [1.82, 2.24) is 24.8 Å². The fourth-order valence-electron chi connectivity index (χ4n) is 2.32. The quantitative estimate of drug-likeness (QED) is 0.756. The molecule has 0 radical (unpaired) electrons. The van der Waals surface area contributed by atoms with Gasteiger partial charge >= 0.3 is 0 Å². The number of anilines is 1. The van der Waals surface area contributed by atoms with Crippen molar-refractivity contribution < 1.29 is 4.79 Å². The number of nitrogen functional groups attached to an aromatic ring is 1. The zero-order chi connectivity index (χ0) is 15.7. The molecule has 1 amide bonds. The van der Waals surface area contributed by atoms with Crippen LogP contribution in [0.5, 0.6) is 0 Å². The van der Waals surface area contributed by atoms with Crippen molar-refractivity contribution in [3.63, 3.8) is 0 Å². The van der Waals surface area contributed by atoms with E-state index >= 15 is 0 Å². The van der Waals surface area contributed by atoms with E-state index < -0.39 is 0 Å². The van der Waals surface area contributed by atoms with E-state index in [-0.39, 0.29) is 11.9 Å². The maximum atomic E-state index is 12.2. The molecule has 0 fully saturated rings. The van der Waals surface area contributed by atoms with E-state index in [0.29, 0.717) is 17.8 Å². The summed E-state index contributed by atoms with van der Waals surface area (Å²) in [7, 11) is 1.92. The third-order valence-electron chi connectivity index (χ3n) is 3.53. The Labute approximate surface area is 127 Å². The van der Waals surface area contributed by atoms with Gasteiger partial charge in [0.1, 0.15) is 5.82 Å². The van der Waals surface area contributed by atoms with Crippen LogP contribution >= 0.6 is 0 Å². The average molecular weight is 296 g/mol. The third kappa shape index (κ3) is 2.48. The Kier molecular flexibility index (Phi) is 3.46. The number of amides is 1. The van der Waals surface area contributed by atoms with Crippen LogP contribution in [0.2, 0.25) is 0 Å². The van der Waals surface area contributed by atoms with Crippen LogP contribution in [0.3, 0.4) is 0 Å². The van der Waals surface area contributed by atoms with Crippen LogP contribution in [-0.2, 0) is 13.6 Å². The molecule has 0 unspecified atom stereocenters. The maximum Gasteiger partial charge on any atom is 0.255 e. The summed E-state index contributed by atoms with van der Waals surface area (Å²) in [5, 5.41) is 2.83. The summed E-state index contributed by atoms with van der Waals surface area (Å²) in [6, 6.07) is 7.83. The van der Waals surface area contributed by atoms with Crippen molar-refractivity contribution in [2.75, 3.05) is 5.73 Å². The first-order valence-electron chi connectivity index (χ1n) is 6.84. The van der Waals surface area contributed by atoms with Gasteiger partial charge in [-0.15, -0.1) is 0 Å². The number of aromatic nitrogens is 4. The highest BCUT2D eigenvalue weighted by Crippen LogP contribution is 2.14. The van der Waals surface area contributed by atoms with Crippen molar-refractivity contribution in [2.24, 2.45) is 7.05 Å². The van der Waals surface area contributed by atoms with Gasteiger partial charge in [0.15, 0.2) is 0 Å². The summed E-state index contributed by atoms with van der Waals surface area (Å²) < 4.78 is 1.96. The number of aryl methyl sites for hydroxylation is 2. The zero-order valence-corrected chi connectivity index (χ0v) is 12.4. The van der Waals surface area contributed by atoms with Gasteiger partial charge in [0.25, 0.3) is 5.91 Å².